The molecule has 7 aliphatic carbocycles. The van der Waals surface area contributed by atoms with E-state index in [0.29, 0.717) is 63.4 Å². The molecule has 0 radical (unpaired) electrons. The zero-order valence-corrected chi connectivity index (χ0v) is 38.4. The predicted molar refractivity (Wildman–Crippen MR) is 268 cm³/mol. The molecule has 11 atom stereocenters. The summed E-state index contributed by atoms with van der Waals surface area (Å²) in [5, 5.41) is 4.91. The van der Waals surface area contributed by atoms with Gasteiger partial charge in [0, 0.05) is 23.1 Å². The molecule has 322 valence electrons. The van der Waals surface area contributed by atoms with Gasteiger partial charge in [-0.25, -0.2) is 0 Å². The molecule has 1 N–H and O–H groups in total. The highest BCUT2D eigenvalue weighted by Crippen LogP contribution is 2.69. The van der Waals surface area contributed by atoms with E-state index < -0.39 is 0 Å². The topological polar surface area (TPSA) is 24.4 Å². The van der Waals surface area contributed by atoms with Crippen molar-refractivity contribution in [3.63, 3.8) is 0 Å². The summed E-state index contributed by atoms with van der Waals surface area (Å²) in [6.45, 7) is 5.16. The second kappa shape index (κ2) is 15.5. The Bertz CT molecular complexity index is 2720. The predicted octanol–water partition coefficient (Wildman–Crippen LogP) is 14.8. The molecule has 13 rings (SSSR count). The van der Waals surface area contributed by atoms with Crippen molar-refractivity contribution in [3.8, 4) is 22.3 Å². The zero-order chi connectivity index (χ0) is 42.6. The molecule has 0 amide bonds. The summed E-state index contributed by atoms with van der Waals surface area (Å²) in [7, 11) is 0. The van der Waals surface area contributed by atoms with Crippen molar-refractivity contribution in [1.82, 2.24) is 5.32 Å². The lowest BCUT2D eigenvalue weighted by atomic mass is 9.60. The van der Waals surface area contributed by atoms with Gasteiger partial charge in [0.2, 0.25) is 0 Å². The van der Waals surface area contributed by atoms with E-state index in [1.54, 1.807) is 16.7 Å². The number of fused-ring (bicyclic) bond motifs is 11. The minimum Gasteiger partial charge on any atom is -0.284 e. The van der Waals surface area contributed by atoms with Gasteiger partial charge in [0.15, 0.2) is 0 Å². The van der Waals surface area contributed by atoms with Crippen LogP contribution in [0.3, 0.4) is 0 Å². The number of hydrogen-bond donors (Lipinski definition) is 1. The van der Waals surface area contributed by atoms with Gasteiger partial charge in [-0.2, -0.15) is 0 Å². The summed E-state index contributed by atoms with van der Waals surface area (Å²) in [6, 6.07) is 39.2. The van der Waals surface area contributed by atoms with Crippen molar-refractivity contribution in [3.05, 3.63) is 191 Å². The Morgan fingerprint density at radius 1 is 0.656 bits per heavy atom. The van der Waals surface area contributed by atoms with Crippen LogP contribution in [0.15, 0.2) is 180 Å². The first-order valence-electron chi connectivity index (χ1n) is 25.0. The van der Waals surface area contributed by atoms with Crippen LogP contribution < -0.4 is 5.32 Å². The summed E-state index contributed by atoms with van der Waals surface area (Å²) in [4.78, 5) is 5.51. The van der Waals surface area contributed by atoms with Crippen LogP contribution in [0.1, 0.15) is 100 Å². The van der Waals surface area contributed by atoms with Crippen molar-refractivity contribution in [1.29, 1.82) is 0 Å². The molecule has 9 aliphatic rings. The summed E-state index contributed by atoms with van der Waals surface area (Å²) < 4.78 is 0. The lowest BCUT2D eigenvalue weighted by Crippen LogP contribution is -2.47. The lowest BCUT2D eigenvalue weighted by Gasteiger charge is -2.44. The van der Waals surface area contributed by atoms with Crippen molar-refractivity contribution in [2.45, 2.75) is 100 Å². The summed E-state index contributed by atoms with van der Waals surface area (Å²) in [5.74, 6) is 4.24. The molecule has 3 heteroatoms. The van der Waals surface area contributed by atoms with Crippen molar-refractivity contribution in [2.75, 3.05) is 0 Å². The maximum absolute atomic E-state index is 5.51. The highest BCUT2D eigenvalue weighted by molar-refractivity contribution is 8.01. The summed E-state index contributed by atoms with van der Waals surface area (Å²) in [5.41, 5.74) is 15.9. The maximum Gasteiger partial charge on any atom is 0.126 e. The van der Waals surface area contributed by atoms with Crippen LogP contribution in [0.5, 0.6) is 0 Å². The Hall–Kier alpha value is -4.70. The third-order valence-corrected chi connectivity index (χ3v) is 19.7. The van der Waals surface area contributed by atoms with Crippen LogP contribution in [0.25, 0.3) is 22.3 Å². The van der Waals surface area contributed by atoms with Crippen molar-refractivity contribution < 1.29 is 0 Å². The average Bonchev–Trinajstić information content (AvgIpc) is 3.94. The van der Waals surface area contributed by atoms with Crippen LogP contribution in [0.4, 0.5) is 0 Å². The molecule has 1 saturated heterocycles. The second-order valence-electron chi connectivity index (χ2n) is 21.5. The number of allylic oxidation sites excluding steroid dienone is 11. The van der Waals surface area contributed by atoms with E-state index in [1.807, 2.05) is 0 Å². The molecule has 1 spiro atoms. The SMILES string of the molecule is CC1(C)C2=CC3C4C=CC=CC4C4(CCCCC4)C3C=C2C2C=CC(c3cccc(-c4cccc(-c5cccc(C6=NC(c7ccccc7)NC7C8=CCCCC8SC67)c5)c4)c3)CC21. The molecule has 0 bridgehead atoms. The van der Waals surface area contributed by atoms with Gasteiger partial charge in [-0.3, -0.25) is 10.3 Å². The summed E-state index contributed by atoms with van der Waals surface area (Å²) in [6.07, 6.45) is 35.4. The van der Waals surface area contributed by atoms with E-state index >= 15 is 0 Å². The van der Waals surface area contributed by atoms with E-state index in [2.05, 4.69) is 189 Å². The maximum atomic E-state index is 5.51. The van der Waals surface area contributed by atoms with E-state index in [-0.39, 0.29) is 11.6 Å². The standard InChI is InChI=1S/C61H62N2S/c1-60(2)52-35-44(28-29-47(52)49-37-54-50(36-53(49)60)46-24-7-9-26-51(46)61(54)30-11-4-12-31-61)42-21-14-19-40(33-42)39-18-13-20-41(32-39)43-22-15-23-45(34-43)56-58-57(48-25-8-10-27-55(48)64-58)63-59(62-56)38-16-5-3-6-17-38/h3,5-7,9,13-26,28-29,32-34,36-37,44,46-47,50-52,54-55,57-59,63H,4,8,10-12,27,30-31,35H2,1-2H3. The van der Waals surface area contributed by atoms with Gasteiger partial charge in [0.25, 0.3) is 0 Å². The smallest absolute Gasteiger partial charge is 0.126 e. The van der Waals surface area contributed by atoms with E-state index in [1.165, 1.54) is 102 Å². The second-order valence-corrected chi connectivity index (χ2v) is 22.8. The average molecular weight is 855 g/mol. The molecule has 4 aromatic rings. The van der Waals surface area contributed by atoms with E-state index in [0.717, 1.165) is 0 Å². The summed E-state index contributed by atoms with van der Waals surface area (Å²) >= 11 is 2.14. The van der Waals surface area contributed by atoms with Gasteiger partial charge < -0.3 is 0 Å². The van der Waals surface area contributed by atoms with E-state index in [9.17, 15) is 0 Å². The highest BCUT2D eigenvalue weighted by atomic mass is 32.2. The molecule has 11 unspecified atom stereocenters. The third-order valence-electron chi connectivity index (χ3n) is 18.0. The number of benzene rings is 4. The van der Waals surface area contributed by atoms with Gasteiger partial charge in [-0.15, -0.1) is 11.8 Å². The van der Waals surface area contributed by atoms with Crippen LogP contribution in [-0.4, -0.2) is 22.3 Å². The molecule has 2 heterocycles. The van der Waals surface area contributed by atoms with Crippen LogP contribution in [0, 0.1) is 46.3 Å². The first kappa shape index (κ1) is 39.6. The fourth-order valence-electron chi connectivity index (χ4n) is 15.0. The molecule has 0 aromatic heterocycles. The highest BCUT2D eigenvalue weighted by Gasteiger charge is 2.60. The number of hydrogen-bond acceptors (Lipinski definition) is 3. The van der Waals surface area contributed by atoms with Crippen molar-refractivity contribution in [2.24, 2.45) is 51.3 Å². The zero-order valence-electron chi connectivity index (χ0n) is 37.6. The van der Waals surface area contributed by atoms with E-state index in [4.69, 9.17) is 4.99 Å². The number of thioether (sulfide) groups is 1. The lowest BCUT2D eigenvalue weighted by molar-refractivity contribution is 0.107. The third kappa shape index (κ3) is 6.26. The molecule has 4 aromatic carbocycles. The van der Waals surface area contributed by atoms with Crippen LogP contribution >= 0.6 is 11.8 Å². The Labute approximate surface area is 385 Å². The van der Waals surface area contributed by atoms with Crippen LogP contribution in [0.2, 0.25) is 0 Å². The molecule has 2 nitrogen and oxygen atoms in total. The normalized spacial score (nSPS) is 34.6. The van der Waals surface area contributed by atoms with Gasteiger partial charge in [0.05, 0.1) is 11.0 Å². The first-order chi connectivity index (χ1) is 31.4. The number of nitrogens with zero attached hydrogens (tertiary/aromatic N) is 1. The minimum atomic E-state index is -0.0461. The Morgan fingerprint density at radius 2 is 1.38 bits per heavy atom. The largest absolute Gasteiger partial charge is 0.284 e. The first-order valence-corrected chi connectivity index (χ1v) is 25.9. The Balaban J connectivity index is 0.785. The van der Waals surface area contributed by atoms with Gasteiger partial charge >= 0.3 is 0 Å². The quantitative estimate of drug-likeness (QED) is 0.202. The molecule has 64 heavy (non-hydrogen) atoms. The van der Waals surface area contributed by atoms with Gasteiger partial charge in [-0.05, 0) is 147 Å². The van der Waals surface area contributed by atoms with Gasteiger partial charge in [-0.1, -0.05) is 179 Å². The Morgan fingerprint density at radius 3 is 2.19 bits per heavy atom. The number of rotatable bonds is 5. The van der Waals surface area contributed by atoms with Crippen molar-refractivity contribution >= 4 is 17.5 Å². The monoisotopic (exact) mass is 854 g/mol. The Kier molecular flexibility index (Phi) is 9.57. The fraction of sp³-hybridized carbons (Fsp3) is 0.393. The fourth-order valence-corrected chi connectivity index (χ4v) is 16.7. The molecular formula is C61H62N2S. The minimum absolute atomic E-state index is 0.0461. The van der Waals surface area contributed by atoms with Gasteiger partial charge in [0.1, 0.15) is 6.17 Å². The molecule has 4 fully saturated rings. The molecular weight excluding hydrogens is 793 g/mol. The number of nitrogens with one attached hydrogen (secondary N) is 1. The molecule has 2 aliphatic heterocycles. The van der Waals surface area contributed by atoms with Crippen LogP contribution in [-0.2, 0) is 0 Å². The number of aliphatic imine (C=N–C) groups is 1. The molecule has 3 saturated carbocycles.